The first-order valence-corrected chi connectivity index (χ1v) is 9.67. The Morgan fingerprint density at radius 2 is 1.78 bits per heavy atom. The number of halogens is 1. The molecule has 134 valence electrons. The minimum atomic E-state index is -0.473. The fourth-order valence-electron chi connectivity index (χ4n) is 2.80. The van der Waals surface area contributed by atoms with Gasteiger partial charge in [0, 0.05) is 15.4 Å². The lowest BCUT2D eigenvalue weighted by atomic mass is 10.1. The number of benzene rings is 2. The Hall–Kier alpha value is -2.84. The molecule has 0 radical (unpaired) electrons. The average molecular weight is 442 g/mol. The van der Waals surface area contributed by atoms with E-state index in [1.54, 1.807) is 24.3 Å². The van der Waals surface area contributed by atoms with Crippen molar-refractivity contribution in [3.8, 4) is 11.3 Å². The van der Waals surface area contributed by atoms with E-state index in [0.29, 0.717) is 16.3 Å². The molecule has 1 N–H and O–H groups in total. The third kappa shape index (κ3) is 3.41. The largest absolute Gasteiger partial charge is 0.300 e. The molecule has 4 rings (SSSR count). The second kappa shape index (κ2) is 7.05. The highest BCUT2D eigenvalue weighted by Gasteiger charge is 2.36. The number of rotatable bonds is 4. The lowest BCUT2D eigenvalue weighted by molar-refractivity contribution is -0.116. The van der Waals surface area contributed by atoms with Crippen LogP contribution in [0, 0.1) is 0 Å². The van der Waals surface area contributed by atoms with Gasteiger partial charge in [-0.25, -0.2) is 4.98 Å². The maximum atomic E-state index is 12.3. The van der Waals surface area contributed by atoms with Gasteiger partial charge in [0.25, 0.3) is 11.8 Å². The van der Waals surface area contributed by atoms with E-state index in [4.69, 9.17) is 0 Å². The fraction of sp³-hybridized carbons (Fsp3) is 0.0526. The van der Waals surface area contributed by atoms with Crippen LogP contribution in [0.5, 0.6) is 0 Å². The molecule has 2 heterocycles. The molecule has 2 aromatic carbocycles. The zero-order chi connectivity index (χ0) is 19.0. The number of nitrogens with zero attached hydrogens (tertiary/aromatic N) is 2. The van der Waals surface area contributed by atoms with Crippen molar-refractivity contribution in [1.82, 2.24) is 9.88 Å². The van der Waals surface area contributed by atoms with Crippen LogP contribution < -0.4 is 5.32 Å². The Morgan fingerprint density at radius 1 is 1.07 bits per heavy atom. The van der Waals surface area contributed by atoms with Crippen molar-refractivity contribution in [3.63, 3.8) is 0 Å². The smallest absolute Gasteiger partial charge is 0.262 e. The normalized spacial score (nSPS) is 13.0. The number of imide groups is 1. The van der Waals surface area contributed by atoms with Crippen LogP contribution >= 0.6 is 27.3 Å². The molecular weight excluding hydrogens is 430 g/mol. The molecule has 0 aliphatic carbocycles. The van der Waals surface area contributed by atoms with Crippen LogP contribution in [0.2, 0.25) is 0 Å². The molecule has 0 unspecified atom stereocenters. The molecule has 3 aromatic rings. The first kappa shape index (κ1) is 17.6. The monoisotopic (exact) mass is 441 g/mol. The van der Waals surface area contributed by atoms with Crippen molar-refractivity contribution in [3.05, 3.63) is 69.5 Å². The molecule has 0 saturated carbocycles. The van der Waals surface area contributed by atoms with Crippen LogP contribution in [-0.4, -0.2) is 34.2 Å². The number of carbonyl (C=O) groups excluding carboxylic acids is 3. The van der Waals surface area contributed by atoms with Crippen LogP contribution in [-0.2, 0) is 4.79 Å². The molecule has 0 spiro atoms. The Bertz CT molecular complexity index is 1040. The standard InChI is InChI=1S/C19H12BrN3O3S/c20-12-5-3-4-11(8-12)15-10-27-19(21-15)22-16(24)9-23-17(25)13-6-1-2-7-14(13)18(23)26/h1-8,10H,9H2,(H,21,22,24). The van der Waals surface area contributed by atoms with Gasteiger partial charge in [0.1, 0.15) is 6.54 Å². The maximum absolute atomic E-state index is 12.3. The number of amides is 3. The van der Waals surface area contributed by atoms with E-state index in [0.717, 1.165) is 20.6 Å². The van der Waals surface area contributed by atoms with E-state index in [-0.39, 0.29) is 6.54 Å². The number of hydrogen-bond donors (Lipinski definition) is 1. The highest BCUT2D eigenvalue weighted by molar-refractivity contribution is 9.10. The summed E-state index contributed by atoms with van der Waals surface area (Å²) in [4.78, 5) is 42.3. The van der Waals surface area contributed by atoms with Crippen LogP contribution in [0.1, 0.15) is 20.7 Å². The van der Waals surface area contributed by atoms with Gasteiger partial charge in [-0.05, 0) is 24.3 Å². The van der Waals surface area contributed by atoms with E-state index in [2.05, 4.69) is 26.2 Å². The third-order valence-corrected chi connectivity index (χ3v) is 5.30. The molecule has 1 aliphatic rings. The molecule has 3 amide bonds. The molecule has 1 aliphatic heterocycles. The number of carbonyl (C=O) groups is 3. The maximum Gasteiger partial charge on any atom is 0.262 e. The molecule has 0 bridgehead atoms. The Balaban J connectivity index is 1.45. The van der Waals surface area contributed by atoms with E-state index in [1.807, 2.05) is 29.6 Å². The summed E-state index contributed by atoms with van der Waals surface area (Å²) in [6.45, 7) is -0.349. The fourth-order valence-corrected chi connectivity index (χ4v) is 3.93. The zero-order valence-electron chi connectivity index (χ0n) is 13.8. The predicted octanol–water partition coefficient (Wildman–Crippen LogP) is 3.81. The Labute approximate surface area is 167 Å². The molecule has 0 atom stereocenters. The second-order valence-electron chi connectivity index (χ2n) is 5.84. The van der Waals surface area contributed by atoms with Crippen LogP contribution in [0.3, 0.4) is 0 Å². The highest BCUT2D eigenvalue weighted by Crippen LogP contribution is 2.27. The second-order valence-corrected chi connectivity index (χ2v) is 7.61. The number of aromatic nitrogens is 1. The first-order chi connectivity index (χ1) is 13.0. The Kier molecular flexibility index (Phi) is 4.59. The van der Waals surface area contributed by atoms with E-state index < -0.39 is 17.7 Å². The summed E-state index contributed by atoms with van der Waals surface area (Å²) in [6.07, 6.45) is 0. The minimum Gasteiger partial charge on any atom is -0.300 e. The van der Waals surface area contributed by atoms with Gasteiger partial charge < -0.3 is 5.32 Å². The van der Waals surface area contributed by atoms with Crippen molar-refractivity contribution in [2.75, 3.05) is 11.9 Å². The quantitative estimate of drug-likeness (QED) is 0.624. The van der Waals surface area contributed by atoms with Crippen molar-refractivity contribution in [2.45, 2.75) is 0 Å². The van der Waals surface area contributed by atoms with Gasteiger partial charge in [0.2, 0.25) is 5.91 Å². The van der Waals surface area contributed by atoms with Crippen molar-refractivity contribution in [2.24, 2.45) is 0 Å². The highest BCUT2D eigenvalue weighted by atomic mass is 79.9. The summed E-state index contributed by atoms with van der Waals surface area (Å²) in [6, 6.07) is 14.2. The zero-order valence-corrected chi connectivity index (χ0v) is 16.2. The molecule has 1 aromatic heterocycles. The van der Waals surface area contributed by atoms with Gasteiger partial charge in [-0.15, -0.1) is 11.3 Å². The lowest BCUT2D eigenvalue weighted by Gasteiger charge is -2.12. The van der Waals surface area contributed by atoms with Crippen molar-refractivity contribution in [1.29, 1.82) is 0 Å². The summed E-state index contributed by atoms with van der Waals surface area (Å²) in [5.74, 6) is -1.39. The number of hydrogen-bond acceptors (Lipinski definition) is 5. The summed E-state index contributed by atoms with van der Waals surface area (Å²) in [5.41, 5.74) is 2.29. The number of thiazole rings is 1. The van der Waals surface area contributed by atoms with Crippen LogP contribution in [0.4, 0.5) is 5.13 Å². The molecule has 0 fully saturated rings. The number of fused-ring (bicyclic) bond motifs is 1. The van der Waals surface area contributed by atoms with E-state index >= 15 is 0 Å². The molecule has 8 heteroatoms. The van der Waals surface area contributed by atoms with Crippen molar-refractivity contribution >= 4 is 50.1 Å². The predicted molar refractivity (Wildman–Crippen MR) is 106 cm³/mol. The van der Waals surface area contributed by atoms with E-state index in [1.165, 1.54) is 11.3 Å². The van der Waals surface area contributed by atoms with Gasteiger partial charge in [0.15, 0.2) is 5.13 Å². The molecular formula is C19H12BrN3O3S. The summed E-state index contributed by atoms with van der Waals surface area (Å²) >= 11 is 4.69. The summed E-state index contributed by atoms with van der Waals surface area (Å²) < 4.78 is 0.934. The molecule has 0 saturated heterocycles. The van der Waals surface area contributed by atoms with E-state index in [9.17, 15) is 14.4 Å². The number of nitrogens with one attached hydrogen (secondary N) is 1. The lowest BCUT2D eigenvalue weighted by Crippen LogP contribution is -2.37. The van der Waals surface area contributed by atoms with Gasteiger partial charge in [-0.1, -0.05) is 40.2 Å². The SMILES string of the molecule is O=C(CN1C(=O)c2ccccc2C1=O)Nc1nc(-c2cccc(Br)c2)cs1. The van der Waals surface area contributed by atoms with Crippen LogP contribution in [0.15, 0.2) is 58.4 Å². The average Bonchev–Trinajstić information content (AvgIpc) is 3.21. The molecule has 6 nitrogen and oxygen atoms in total. The third-order valence-electron chi connectivity index (χ3n) is 4.05. The topological polar surface area (TPSA) is 79.4 Å². The minimum absolute atomic E-state index is 0.321. The number of anilines is 1. The van der Waals surface area contributed by atoms with Gasteiger partial charge >= 0.3 is 0 Å². The van der Waals surface area contributed by atoms with Gasteiger partial charge in [-0.2, -0.15) is 0 Å². The summed E-state index contributed by atoms with van der Waals surface area (Å²) in [7, 11) is 0. The van der Waals surface area contributed by atoms with Gasteiger partial charge in [-0.3, -0.25) is 19.3 Å². The van der Waals surface area contributed by atoms with Gasteiger partial charge in [0.05, 0.1) is 16.8 Å². The Morgan fingerprint density at radius 3 is 2.44 bits per heavy atom. The molecule has 27 heavy (non-hydrogen) atoms. The van der Waals surface area contributed by atoms with Crippen LogP contribution in [0.25, 0.3) is 11.3 Å². The first-order valence-electron chi connectivity index (χ1n) is 7.99. The van der Waals surface area contributed by atoms with Crippen molar-refractivity contribution < 1.29 is 14.4 Å². The summed E-state index contributed by atoms with van der Waals surface area (Å²) in [5, 5.41) is 4.89.